The van der Waals surface area contributed by atoms with Crippen molar-refractivity contribution in [1.29, 1.82) is 0 Å². The molecular formula is C55H106O6. The quantitative estimate of drug-likeness (QED) is 0.0344. The molecule has 0 N–H and O–H groups in total. The summed E-state index contributed by atoms with van der Waals surface area (Å²) in [6.45, 7) is 11.3. The first-order valence-corrected chi connectivity index (χ1v) is 27.2. The Morgan fingerprint density at radius 1 is 0.311 bits per heavy atom. The number of esters is 3. The molecule has 0 aliphatic rings. The largest absolute Gasteiger partial charge is 0.462 e. The van der Waals surface area contributed by atoms with Gasteiger partial charge in [0.1, 0.15) is 13.2 Å². The maximum atomic E-state index is 12.8. The lowest BCUT2D eigenvalue weighted by molar-refractivity contribution is -0.167. The van der Waals surface area contributed by atoms with Gasteiger partial charge in [-0.2, -0.15) is 0 Å². The summed E-state index contributed by atoms with van der Waals surface area (Å²) in [5, 5.41) is 0. The SMILES string of the molecule is CCCCCCCCCCCCCCCCCCCC(=O)OC[C@H](COC(=O)CCCCCCCCC(C)C)OC(=O)CCCCCCCCCCCCCCCCC(C)C. The topological polar surface area (TPSA) is 78.9 Å². The number of rotatable bonds is 49. The van der Waals surface area contributed by atoms with E-state index < -0.39 is 6.10 Å². The van der Waals surface area contributed by atoms with E-state index in [2.05, 4.69) is 34.6 Å². The smallest absolute Gasteiger partial charge is 0.306 e. The van der Waals surface area contributed by atoms with E-state index in [9.17, 15) is 14.4 Å². The maximum absolute atomic E-state index is 12.8. The molecule has 0 aromatic heterocycles. The van der Waals surface area contributed by atoms with Gasteiger partial charge in [0.2, 0.25) is 0 Å². The van der Waals surface area contributed by atoms with Crippen molar-refractivity contribution >= 4 is 17.9 Å². The van der Waals surface area contributed by atoms with Crippen LogP contribution in [0.2, 0.25) is 0 Å². The maximum Gasteiger partial charge on any atom is 0.306 e. The number of carbonyl (C=O) groups is 3. The molecule has 0 fully saturated rings. The third-order valence-corrected chi connectivity index (χ3v) is 12.5. The van der Waals surface area contributed by atoms with Gasteiger partial charge in [0.15, 0.2) is 6.10 Å². The summed E-state index contributed by atoms with van der Waals surface area (Å²) in [7, 11) is 0. The number of carbonyl (C=O) groups excluding carboxylic acids is 3. The first kappa shape index (κ1) is 59.4. The van der Waals surface area contributed by atoms with E-state index in [1.807, 2.05) is 0 Å². The number of hydrogen-bond donors (Lipinski definition) is 0. The molecule has 6 nitrogen and oxygen atoms in total. The Morgan fingerprint density at radius 2 is 0.541 bits per heavy atom. The molecule has 0 aliphatic carbocycles. The second kappa shape index (κ2) is 47.9. The molecule has 0 rings (SSSR count). The van der Waals surface area contributed by atoms with E-state index in [4.69, 9.17) is 14.2 Å². The van der Waals surface area contributed by atoms with Crippen molar-refractivity contribution in [1.82, 2.24) is 0 Å². The van der Waals surface area contributed by atoms with Crippen LogP contribution in [-0.2, 0) is 28.6 Å². The van der Waals surface area contributed by atoms with Gasteiger partial charge in [0.25, 0.3) is 0 Å². The van der Waals surface area contributed by atoms with Crippen molar-refractivity contribution in [2.45, 2.75) is 310 Å². The number of unbranched alkanes of at least 4 members (excludes halogenated alkanes) is 34. The average Bonchev–Trinajstić information content (AvgIpc) is 3.23. The van der Waals surface area contributed by atoms with Gasteiger partial charge < -0.3 is 14.2 Å². The standard InChI is InChI=1S/C55H106O6/c1-6-7-8-9-10-11-12-13-14-15-16-20-23-26-29-35-40-45-53(56)59-48-52(49-60-54(57)46-41-36-32-31-34-39-44-51(4)5)61-55(58)47-42-37-30-27-24-21-18-17-19-22-25-28-33-38-43-50(2)3/h50-52H,6-49H2,1-5H3/t52-/m1/s1. The number of ether oxygens (including phenoxy) is 3. The molecule has 0 amide bonds. The van der Waals surface area contributed by atoms with Gasteiger partial charge in [0.05, 0.1) is 0 Å². The Morgan fingerprint density at radius 3 is 0.803 bits per heavy atom. The van der Waals surface area contributed by atoms with Gasteiger partial charge in [-0.15, -0.1) is 0 Å². The van der Waals surface area contributed by atoms with Gasteiger partial charge in [-0.3, -0.25) is 14.4 Å². The normalized spacial score (nSPS) is 12.0. The highest BCUT2D eigenvalue weighted by Crippen LogP contribution is 2.18. The van der Waals surface area contributed by atoms with Crippen molar-refractivity contribution < 1.29 is 28.6 Å². The summed E-state index contributed by atoms with van der Waals surface area (Å²) in [6.07, 6.45) is 49.6. The molecule has 0 bridgehead atoms. The Bertz CT molecular complexity index is 931. The molecule has 362 valence electrons. The van der Waals surface area contributed by atoms with Crippen LogP contribution in [0.5, 0.6) is 0 Å². The predicted octanol–water partition coefficient (Wildman–Crippen LogP) is 17.7. The summed E-state index contributed by atoms with van der Waals surface area (Å²) in [5.41, 5.74) is 0. The van der Waals surface area contributed by atoms with Crippen LogP contribution in [0, 0.1) is 11.8 Å². The van der Waals surface area contributed by atoms with Crippen molar-refractivity contribution in [2.75, 3.05) is 13.2 Å². The van der Waals surface area contributed by atoms with Gasteiger partial charge in [0, 0.05) is 19.3 Å². The highest BCUT2D eigenvalue weighted by Gasteiger charge is 2.19. The van der Waals surface area contributed by atoms with Crippen molar-refractivity contribution in [2.24, 2.45) is 11.8 Å². The molecule has 0 saturated carbocycles. The molecule has 0 spiro atoms. The Kier molecular flexibility index (Phi) is 46.6. The van der Waals surface area contributed by atoms with E-state index in [1.54, 1.807) is 0 Å². The van der Waals surface area contributed by atoms with Crippen LogP contribution in [0.3, 0.4) is 0 Å². The van der Waals surface area contributed by atoms with Crippen LogP contribution >= 0.6 is 0 Å². The molecule has 61 heavy (non-hydrogen) atoms. The first-order chi connectivity index (χ1) is 29.7. The molecule has 0 aliphatic heterocycles. The molecule has 6 heteroatoms. The summed E-state index contributed by atoms with van der Waals surface area (Å²) in [4.78, 5) is 38.0. The molecule has 1 atom stereocenters. The van der Waals surface area contributed by atoms with Crippen LogP contribution < -0.4 is 0 Å². The van der Waals surface area contributed by atoms with E-state index >= 15 is 0 Å². The fourth-order valence-corrected chi connectivity index (χ4v) is 8.34. The second-order valence-corrected chi connectivity index (χ2v) is 19.8. The van der Waals surface area contributed by atoms with Crippen molar-refractivity contribution in [3.63, 3.8) is 0 Å². The zero-order valence-electron chi connectivity index (χ0n) is 41.8. The second-order valence-electron chi connectivity index (χ2n) is 19.8. The van der Waals surface area contributed by atoms with Crippen LogP contribution in [0.15, 0.2) is 0 Å². The zero-order chi connectivity index (χ0) is 44.7. The first-order valence-electron chi connectivity index (χ1n) is 27.2. The summed E-state index contributed by atoms with van der Waals surface area (Å²) >= 11 is 0. The fraction of sp³-hybridized carbons (Fsp3) is 0.945. The molecule has 0 aromatic rings. The zero-order valence-corrected chi connectivity index (χ0v) is 41.8. The monoisotopic (exact) mass is 863 g/mol. The van der Waals surface area contributed by atoms with E-state index in [0.717, 1.165) is 69.6 Å². The Balaban J connectivity index is 4.24. The van der Waals surface area contributed by atoms with Gasteiger partial charge in [-0.05, 0) is 31.1 Å². The molecule has 0 heterocycles. The minimum Gasteiger partial charge on any atom is -0.462 e. The Hall–Kier alpha value is -1.59. The molecule has 0 aromatic carbocycles. The minimum atomic E-state index is -0.762. The lowest BCUT2D eigenvalue weighted by Crippen LogP contribution is -2.30. The average molecular weight is 863 g/mol. The molecule has 0 radical (unpaired) electrons. The Labute approximate surface area is 380 Å². The highest BCUT2D eigenvalue weighted by molar-refractivity contribution is 5.71. The fourth-order valence-electron chi connectivity index (χ4n) is 8.34. The lowest BCUT2D eigenvalue weighted by Gasteiger charge is -2.18. The van der Waals surface area contributed by atoms with E-state index in [-0.39, 0.29) is 31.1 Å². The summed E-state index contributed by atoms with van der Waals surface area (Å²) in [5.74, 6) is 0.757. The number of hydrogen-bond acceptors (Lipinski definition) is 6. The van der Waals surface area contributed by atoms with Crippen LogP contribution in [-0.4, -0.2) is 37.2 Å². The highest BCUT2D eigenvalue weighted by atomic mass is 16.6. The van der Waals surface area contributed by atoms with Crippen LogP contribution in [0.1, 0.15) is 304 Å². The lowest BCUT2D eigenvalue weighted by atomic mass is 10.0. The van der Waals surface area contributed by atoms with E-state index in [1.165, 1.54) is 193 Å². The van der Waals surface area contributed by atoms with Gasteiger partial charge >= 0.3 is 17.9 Å². The predicted molar refractivity (Wildman–Crippen MR) is 261 cm³/mol. The third kappa shape index (κ3) is 49.3. The van der Waals surface area contributed by atoms with Crippen LogP contribution in [0.4, 0.5) is 0 Å². The summed E-state index contributed by atoms with van der Waals surface area (Å²) < 4.78 is 16.8. The van der Waals surface area contributed by atoms with Gasteiger partial charge in [-0.1, -0.05) is 266 Å². The van der Waals surface area contributed by atoms with Crippen molar-refractivity contribution in [3.05, 3.63) is 0 Å². The molecular weight excluding hydrogens is 757 g/mol. The molecule has 0 saturated heterocycles. The molecule has 0 unspecified atom stereocenters. The third-order valence-electron chi connectivity index (χ3n) is 12.5. The van der Waals surface area contributed by atoms with Crippen molar-refractivity contribution in [3.8, 4) is 0 Å². The van der Waals surface area contributed by atoms with Crippen LogP contribution in [0.25, 0.3) is 0 Å². The van der Waals surface area contributed by atoms with E-state index in [0.29, 0.717) is 19.3 Å². The van der Waals surface area contributed by atoms with Gasteiger partial charge in [-0.25, -0.2) is 0 Å². The summed E-state index contributed by atoms with van der Waals surface area (Å²) in [6, 6.07) is 0. The minimum absolute atomic E-state index is 0.0640.